The molecule has 2 atom stereocenters. The molecule has 0 bridgehead atoms. The maximum Gasteiger partial charge on any atom is 0.0329 e. The SMILES string of the molecule is CCC(C)[C@H](N)c1ccsc1. The standard InChI is InChI=1S/C9H15NS/c1-3-7(2)9(10)8-4-5-11-6-8/h4-7,9H,3,10H2,1-2H3/t7?,9-/m0/s1. The van der Waals surface area contributed by atoms with Gasteiger partial charge in [0.1, 0.15) is 0 Å². The van der Waals surface area contributed by atoms with Crippen molar-refractivity contribution in [2.24, 2.45) is 11.7 Å². The van der Waals surface area contributed by atoms with Gasteiger partial charge in [-0.25, -0.2) is 0 Å². The summed E-state index contributed by atoms with van der Waals surface area (Å²) in [6.07, 6.45) is 1.15. The Bertz CT molecular complexity index is 193. The zero-order valence-corrected chi connectivity index (χ0v) is 7.90. The third-order valence-corrected chi connectivity index (χ3v) is 2.89. The van der Waals surface area contributed by atoms with E-state index in [1.807, 2.05) is 0 Å². The third kappa shape index (κ3) is 2.04. The van der Waals surface area contributed by atoms with Crippen LogP contribution in [0.3, 0.4) is 0 Å². The number of nitrogens with two attached hydrogens (primary N) is 1. The second kappa shape index (κ2) is 3.88. The van der Waals surface area contributed by atoms with Crippen molar-refractivity contribution < 1.29 is 0 Å². The van der Waals surface area contributed by atoms with Crippen LogP contribution in [0.15, 0.2) is 16.8 Å². The highest BCUT2D eigenvalue weighted by Crippen LogP contribution is 2.23. The lowest BCUT2D eigenvalue weighted by Crippen LogP contribution is -2.17. The van der Waals surface area contributed by atoms with Gasteiger partial charge < -0.3 is 5.73 Å². The Morgan fingerprint density at radius 2 is 2.36 bits per heavy atom. The van der Waals surface area contributed by atoms with Gasteiger partial charge in [-0.15, -0.1) is 0 Å². The van der Waals surface area contributed by atoms with E-state index in [9.17, 15) is 0 Å². The van der Waals surface area contributed by atoms with Crippen molar-refractivity contribution in [2.45, 2.75) is 26.3 Å². The van der Waals surface area contributed by atoms with Gasteiger partial charge in [-0.05, 0) is 28.3 Å². The van der Waals surface area contributed by atoms with Gasteiger partial charge in [-0.3, -0.25) is 0 Å². The molecule has 0 radical (unpaired) electrons. The average Bonchev–Trinajstić information content (AvgIpc) is 2.53. The average molecular weight is 169 g/mol. The smallest absolute Gasteiger partial charge is 0.0329 e. The van der Waals surface area contributed by atoms with E-state index in [2.05, 4.69) is 30.7 Å². The van der Waals surface area contributed by atoms with Crippen molar-refractivity contribution in [1.82, 2.24) is 0 Å². The number of hydrogen-bond acceptors (Lipinski definition) is 2. The largest absolute Gasteiger partial charge is 0.324 e. The lowest BCUT2D eigenvalue weighted by atomic mass is 9.95. The van der Waals surface area contributed by atoms with Crippen molar-refractivity contribution in [2.75, 3.05) is 0 Å². The minimum atomic E-state index is 0.228. The first-order valence-corrected chi connectivity index (χ1v) is 4.97. The molecule has 0 saturated heterocycles. The lowest BCUT2D eigenvalue weighted by molar-refractivity contribution is 0.458. The second-order valence-corrected chi connectivity index (χ2v) is 3.75. The van der Waals surface area contributed by atoms with Crippen LogP contribution in [-0.2, 0) is 0 Å². The first-order chi connectivity index (χ1) is 5.25. The van der Waals surface area contributed by atoms with E-state index in [0.717, 1.165) is 6.42 Å². The predicted octanol–water partition coefficient (Wildman–Crippen LogP) is 2.79. The topological polar surface area (TPSA) is 26.0 Å². The molecule has 2 heteroatoms. The summed E-state index contributed by atoms with van der Waals surface area (Å²) in [7, 11) is 0. The molecule has 0 aromatic carbocycles. The van der Waals surface area contributed by atoms with E-state index in [0.29, 0.717) is 5.92 Å². The number of thiophene rings is 1. The van der Waals surface area contributed by atoms with Crippen molar-refractivity contribution in [3.05, 3.63) is 22.4 Å². The molecule has 1 aromatic heterocycles. The zero-order chi connectivity index (χ0) is 8.27. The van der Waals surface area contributed by atoms with Crippen molar-refractivity contribution in [3.8, 4) is 0 Å². The monoisotopic (exact) mass is 169 g/mol. The molecule has 0 aliphatic rings. The Morgan fingerprint density at radius 1 is 1.64 bits per heavy atom. The Labute approximate surface area is 72.2 Å². The highest BCUT2D eigenvalue weighted by Gasteiger charge is 2.12. The summed E-state index contributed by atoms with van der Waals surface area (Å²) in [4.78, 5) is 0. The molecule has 0 fully saturated rings. The van der Waals surface area contributed by atoms with Crippen LogP contribution in [0, 0.1) is 5.92 Å². The first kappa shape index (κ1) is 8.75. The van der Waals surface area contributed by atoms with Crippen LogP contribution in [0.1, 0.15) is 31.9 Å². The molecule has 11 heavy (non-hydrogen) atoms. The molecule has 1 rings (SSSR count). The molecular formula is C9H15NS. The van der Waals surface area contributed by atoms with Gasteiger partial charge in [0.15, 0.2) is 0 Å². The number of hydrogen-bond donors (Lipinski definition) is 1. The Hall–Kier alpha value is -0.340. The quantitative estimate of drug-likeness (QED) is 0.739. The maximum absolute atomic E-state index is 6.00. The normalized spacial score (nSPS) is 16.3. The fourth-order valence-electron chi connectivity index (χ4n) is 1.05. The fraction of sp³-hybridized carbons (Fsp3) is 0.556. The minimum Gasteiger partial charge on any atom is -0.324 e. The molecule has 1 heterocycles. The predicted molar refractivity (Wildman–Crippen MR) is 50.7 cm³/mol. The van der Waals surface area contributed by atoms with Crippen molar-refractivity contribution >= 4 is 11.3 Å². The molecule has 0 spiro atoms. The molecule has 1 aromatic rings. The van der Waals surface area contributed by atoms with Crippen LogP contribution in [0.2, 0.25) is 0 Å². The van der Waals surface area contributed by atoms with Crippen LogP contribution in [0.5, 0.6) is 0 Å². The summed E-state index contributed by atoms with van der Waals surface area (Å²) in [6, 6.07) is 2.34. The molecule has 0 saturated carbocycles. The molecule has 2 N–H and O–H groups in total. The van der Waals surface area contributed by atoms with Crippen LogP contribution >= 0.6 is 11.3 Å². The Kier molecular flexibility index (Phi) is 3.09. The summed E-state index contributed by atoms with van der Waals surface area (Å²) in [6.45, 7) is 4.37. The number of rotatable bonds is 3. The minimum absolute atomic E-state index is 0.228. The van der Waals surface area contributed by atoms with Crippen LogP contribution < -0.4 is 5.73 Å². The zero-order valence-electron chi connectivity index (χ0n) is 7.08. The van der Waals surface area contributed by atoms with Crippen LogP contribution in [-0.4, -0.2) is 0 Å². The van der Waals surface area contributed by atoms with E-state index < -0.39 is 0 Å². The van der Waals surface area contributed by atoms with Crippen molar-refractivity contribution in [3.63, 3.8) is 0 Å². The van der Waals surface area contributed by atoms with E-state index >= 15 is 0 Å². The van der Waals surface area contributed by atoms with E-state index in [-0.39, 0.29) is 6.04 Å². The van der Waals surface area contributed by atoms with Crippen LogP contribution in [0.25, 0.3) is 0 Å². The van der Waals surface area contributed by atoms with E-state index in [1.54, 1.807) is 11.3 Å². The molecule has 1 unspecified atom stereocenters. The summed E-state index contributed by atoms with van der Waals surface area (Å²) >= 11 is 1.72. The summed E-state index contributed by atoms with van der Waals surface area (Å²) < 4.78 is 0. The summed E-state index contributed by atoms with van der Waals surface area (Å²) in [5, 5.41) is 4.22. The molecule has 0 aliphatic carbocycles. The van der Waals surface area contributed by atoms with Gasteiger partial charge in [0.05, 0.1) is 0 Å². The summed E-state index contributed by atoms with van der Waals surface area (Å²) in [5.41, 5.74) is 7.28. The lowest BCUT2D eigenvalue weighted by Gasteiger charge is -2.16. The van der Waals surface area contributed by atoms with Crippen LogP contribution in [0.4, 0.5) is 0 Å². The van der Waals surface area contributed by atoms with Gasteiger partial charge >= 0.3 is 0 Å². The summed E-state index contributed by atoms with van der Waals surface area (Å²) in [5.74, 6) is 0.588. The van der Waals surface area contributed by atoms with E-state index in [4.69, 9.17) is 5.73 Å². The van der Waals surface area contributed by atoms with Gasteiger partial charge in [-0.2, -0.15) is 11.3 Å². The second-order valence-electron chi connectivity index (χ2n) is 2.97. The Morgan fingerprint density at radius 3 is 2.82 bits per heavy atom. The maximum atomic E-state index is 6.00. The van der Waals surface area contributed by atoms with Gasteiger partial charge in [0.2, 0.25) is 0 Å². The van der Waals surface area contributed by atoms with Crippen molar-refractivity contribution in [1.29, 1.82) is 0 Å². The fourth-order valence-corrected chi connectivity index (χ4v) is 1.75. The molecule has 0 amide bonds. The first-order valence-electron chi connectivity index (χ1n) is 4.03. The van der Waals surface area contributed by atoms with Gasteiger partial charge in [0.25, 0.3) is 0 Å². The third-order valence-electron chi connectivity index (χ3n) is 2.19. The highest BCUT2D eigenvalue weighted by atomic mass is 32.1. The van der Waals surface area contributed by atoms with E-state index in [1.165, 1.54) is 5.56 Å². The highest BCUT2D eigenvalue weighted by molar-refractivity contribution is 7.07. The molecule has 0 aliphatic heterocycles. The van der Waals surface area contributed by atoms with Gasteiger partial charge in [-0.1, -0.05) is 20.3 Å². The molecule has 1 nitrogen and oxygen atoms in total. The molecular weight excluding hydrogens is 154 g/mol. The Balaban J connectivity index is 2.62. The van der Waals surface area contributed by atoms with Gasteiger partial charge in [0, 0.05) is 6.04 Å². The molecule has 62 valence electrons.